The first-order valence-corrected chi connectivity index (χ1v) is 6.77. The van der Waals surface area contributed by atoms with Gasteiger partial charge in [-0.25, -0.2) is 0 Å². The van der Waals surface area contributed by atoms with Crippen molar-refractivity contribution in [3.8, 4) is 5.75 Å². The highest BCUT2D eigenvalue weighted by Gasteiger charge is 2.23. The second-order valence-corrected chi connectivity index (χ2v) is 4.95. The van der Waals surface area contributed by atoms with E-state index in [0.717, 1.165) is 31.7 Å². The summed E-state index contributed by atoms with van der Waals surface area (Å²) in [5.41, 5.74) is 0.714. The van der Waals surface area contributed by atoms with Gasteiger partial charge in [0.1, 0.15) is 5.75 Å². The number of carbonyl (C=O) groups excluding carboxylic acids is 1. The summed E-state index contributed by atoms with van der Waals surface area (Å²) in [4.78, 5) is 14.2. The topological polar surface area (TPSA) is 29.5 Å². The quantitative estimate of drug-likeness (QED) is 0.788. The SMILES string of the molecule is COc1ccc(C(=O)N2CCCC(CCl)C2)cc1. The van der Waals surface area contributed by atoms with Crippen LogP contribution in [-0.4, -0.2) is 36.9 Å². The van der Waals surface area contributed by atoms with Crippen LogP contribution in [0.1, 0.15) is 23.2 Å². The summed E-state index contributed by atoms with van der Waals surface area (Å²) in [5, 5.41) is 0. The Morgan fingerprint density at radius 2 is 2.17 bits per heavy atom. The third-order valence-corrected chi connectivity index (χ3v) is 3.80. The van der Waals surface area contributed by atoms with Crippen LogP contribution in [0.15, 0.2) is 24.3 Å². The van der Waals surface area contributed by atoms with Crippen LogP contribution in [0.3, 0.4) is 0 Å². The van der Waals surface area contributed by atoms with Crippen molar-refractivity contribution in [2.24, 2.45) is 5.92 Å². The van der Waals surface area contributed by atoms with Gasteiger partial charge in [-0.1, -0.05) is 0 Å². The van der Waals surface area contributed by atoms with E-state index in [4.69, 9.17) is 16.3 Å². The molecule has 0 spiro atoms. The maximum atomic E-state index is 12.3. The number of methoxy groups -OCH3 is 1. The fourth-order valence-electron chi connectivity index (χ4n) is 2.29. The molecule has 98 valence electrons. The first-order valence-electron chi connectivity index (χ1n) is 6.24. The van der Waals surface area contributed by atoms with Gasteiger partial charge in [0.05, 0.1) is 7.11 Å². The van der Waals surface area contributed by atoms with Crippen LogP contribution in [0.25, 0.3) is 0 Å². The lowest BCUT2D eigenvalue weighted by Gasteiger charge is -2.31. The fraction of sp³-hybridized carbons (Fsp3) is 0.500. The Bertz CT molecular complexity index is 405. The van der Waals surface area contributed by atoms with Crippen LogP contribution in [-0.2, 0) is 0 Å². The number of benzene rings is 1. The molecule has 1 atom stereocenters. The summed E-state index contributed by atoms with van der Waals surface area (Å²) in [6.07, 6.45) is 2.16. The van der Waals surface area contributed by atoms with Gasteiger partial charge in [-0.3, -0.25) is 4.79 Å². The molecule has 1 unspecified atom stereocenters. The Morgan fingerprint density at radius 3 is 2.78 bits per heavy atom. The highest BCUT2D eigenvalue weighted by Crippen LogP contribution is 2.20. The van der Waals surface area contributed by atoms with Gasteiger partial charge in [-0.05, 0) is 43.0 Å². The van der Waals surface area contributed by atoms with Gasteiger partial charge in [-0.15, -0.1) is 11.6 Å². The normalized spacial score (nSPS) is 19.7. The lowest BCUT2D eigenvalue weighted by molar-refractivity contribution is 0.0685. The first-order chi connectivity index (χ1) is 8.74. The van der Waals surface area contributed by atoms with Crippen LogP contribution in [0.5, 0.6) is 5.75 Å². The molecule has 1 fully saturated rings. The Labute approximate surface area is 113 Å². The molecule has 0 N–H and O–H groups in total. The smallest absolute Gasteiger partial charge is 0.253 e. The summed E-state index contributed by atoms with van der Waals surface area (Å²) in [7, 11) is 1.62. The number of carbonyl (C=O) groups is 1. The number of rotatable bonds is 3. The van der Waals surface area contributed by atoms with Crippen molar-refractivity contribution >= 4 is 17.5 Å². The van der Waals surface area contributed by atoms with E-state index in [1.807, 2.05) is 29.2 Å². The van der Waals surface area contributed by atoms with E-state index in [-0.39, 0.29) is 5.91 Å². The molecule has 1 aromatic rings. The zero-order valence-electron chi connectivity index (χ0n) is 10.6. The van der Waals surface area contributed by atoms with Crippen molar-refractivity contribution in [2.75, 3.05) is 26.1 Å². The first kappa shape index (κ1) is 13.2. The molecule has 0 aromatic heterocycles. The van der Waals surface area contributed by atoms with Gasteiger partial charge in [-0.2, -0.15) is 0 Å². The van der Waals surface area contributed by atoms with E-state index >= 15 is 0 Å². The zero-order chi connectivity index (χ0) is 13.0. The molecule has 0 aliphatic carbocycles. The predicted molar refractivity (Wildman–Crippen MR) is 72.3 cm³/mol. The second-order valence-electron chi connectivity index (χ2n) is 4.64. The third kappa shape index (κ3) is 2.96. The van der Waals surface area contributed by atoms with Crippen molar-refractivity contribution in [2.45, 2.75) is 12.8 Å². The van der Waals surface area contributed by atoms with Crippen LogP contribution >= 0.6 is 11.6 Å². The Balaban J connectivity index is 2.05. The number of likely N-dealkylation sites (tertiary alicyclic amines) is 1. The Kier molecular flexibility index (Phi) is 4.48. The minimum Gasteiger partial charge on any atom is -0.497 e. The zero-order valence-corrected chi connectivity index (χ0v) is 11.3. The molecule has 1 amide bonds. The lowest BCUT2D eigenvalue weighted by atomic mass is 9.99. The van der Waals surface area contributed by atoms with Crippen LogP contribution in [0, 0.1) is 5.92 Å². The van der Waals surface area contributed by atoms with E-state index in [1.54, 1.807) is 7.11 Å². The molecule has 1 aromatic carbocycles. The molecular formula is C14H18ClNO2. The molecule has 1 aliphatic rings. The summed E-state index contributed by atoms with van der Waals surface area (Å²) in [6.45, 7) is 1.60. The number of nitrogens with zero attached hydrogens (tertiary/aromatic N) is 1. The van der Waals surface area contributed by atoms with Crippen molar-refractivity contribution in [3.05, 3.63) is 29.8 Å². The number of alkyl halides is 1. The van der Waals surface area contributed by atoms with Gasteiger partial charge >= 0.3 is 0 Å². The number of amides is 1. The number of ether oxygens (including phenoxy) is 1. The molecule has 1 aliphatic heterocycles. The molecule has 0 saturated carbocycles. The summed E-state index contributed by atoms with van der Waals surface area (Å²) < 4.78 is 5.09. The maximum Gasteiger partial charge on any atom is 0.253 e. The summed E-state index contributed by atoms with van der Waals surface area (Å²) >= 11 is 5.88. The number of hydrogen-bond acceptors (Lipinski definition) is 2. The fourth-order valence-corrected chi connectivity index (χ4v) is 2.54. The van der Waals surface area contributed by atoms with Gasteiger partial charge in [0.15, 0.2) is 0 Å². The number of piperidine rings is 1. The van der Waals surface area contributed by atoms with Crippen molar-refractivity contribution in [1.29, 1.82) is 0 Å². The predicted octanol–water partition coefficient (Wildman–Crippen LogP) is 2.79. The highest BCUT2D eigenvalue weighted by molar-refractivity contribution is 6.18. The molecule has 4 heteroatoms. The molecule has 1 heterocycles. The Hall–Kier alpha value is -1.22. The third-order valence-electron chi connectivity index (χ3n) is 3.36. The van der Waals surface area contributed by atoms with Crippen LogP contribution < -0.4 is 4.74 Å². The largest absolute Gasteiger partial charge is 0.497 e. The molecule has 0 radical (unpaired) electrons. The average Bonchev–Trinajstić information content (AvgIpc) is 2.46. The average molecular weight is 268 g/mol. The highest BCUT2D eigenvalue weighted by atomic mass is 35.5. The van der Waals surface area contributed by atoms with Crippen molar-refractivity contribution in [1.82, 2.24) is 4.90 Å². The van der Waals surface area contributed by atoms with Gasteiger partial charge < -0.3 is 9.64 Å². The molecule has 18 heavy (non-hydrogen) atoms. The monoisotopic (exact) mass is 267 g/mol. The van der Waals surface area contributed by atoms with E-state index in [9.17, 15) is 4.79 Å². The summed E-state index contributed by atoms with van der Waals surface area (Å²) in [6, 6.07) is 7.25. The standard InChI is InChI=1S/C14H18ClNO2/c1-18-13-6-4-12(5-7-13)14(17)16-8-2-3-11(9-15)10-16/h4-7,11H,2-3,8-10H2,1H3. The van der Waals surface area contributed by atoms with E-state index in [2.05, 4.69) is 0 Å². The minimum absolute atomic E-state index is 0.0902. The Morgan fingerprint density at radius 1 is 1.44 bits per heavy atom. The van der Waals surface area contributed by atoms with Crippen LogP contribution in [0.4, 0.5) is 0 Å². The number of hydrogen-bond donors (Lipinski definition) is 0. The van der Waals surface area contributed by atoms with E-state index < -0.39 is 0 Å². The molecular weight excluding hydrogens is 250 g/mol. The summed E-state index contributed by atoms with van der Waals surface area (Å²) in [5.74, 6) is 1.92. The van der Waals surface area contributed by atoms with E-state index in [1.165, 1.54) is 0 Å². The number of halogens is 1. The van der Waals surface area contributed by atoms with Gasteiger partial charge in [0.2, 0.25) is 0 Å². The van der Waals surface area contributed by atoms with Crippen molar-refractivity contribution < 1.29 is 9.53 Å². The molecule has 0 bridgehead atoms. The van der Waals surface area contributed by atoms with Gasteiger partial charge in [0.25, 0.3) is 5.91 Å². The van der Waals surface area contributed by atoms with Gasteiger partial charge in [0, 0.05) is 24.5 Å². The van der Waals surface area contributed by atoms with Crippen LogP contribution in [0.2, 0.25) is 0 Å². The lowest BCUT2D eigenvalue weighted by Crippen LogP contribution is -2.40. The minimum atomic E-state index is 0.0902. The molecule has 2 rings (SSSR count). The van der Waals surface area contributed by atoms with E-state index in [0.29, 0.717) is 17.4 Å². The second kappa shape index (κ2) is 6.10. The molecule has 3 nitrogen and oxygen atoms in total. The molecule has 1 saturated heterocycles. The van der Waals surface area contributed by atoms with Crippen molar-refractivity contribution in [3.63, 3.8) is 0 Å². The maximum absolute atomic E-state index is 12.3.